The molecule has 1 aromatic carbocycles. The zero-order valence-electron chi connectivity index (χ0n) is 14.7. The molecule has 0 bridgehead atoms. The Morgan fingerprint density at radius 2 is 1.88 bits per heavy atom. The molecular formula is C19H20F2N4O. The van der Waals surface area contributed by atoms with Crippen LogP contribution in [0.1, 0.15) is 30.7 Å². The van der Waals surface area contributed by atoms with Crippen LogP contribution in [0.4, 0.5) is 14.6 Å². The summed E-state index contributed by atoms with van der Waals surface area (Å²) < 4.78 is 32.8. The van der Waals surface area contributed by atoms with E-state index >= 15 is 0 Å². The van der Waals surface area contributed by atoms with Gasteiger partial charge in [0.1, 0.15) is 17.9 Å². The van der Waals surface area contributed by atoms with Gasteiger partial charge < -0.3 is 9.64 Å². The summed E-state index contributed by atoms with van der Waals surface area (Å²) >= 11 is 0. The van der Waals surface area contributed by atoms with Crippen molar-refractivity contribution in [2.45, 2.75) is 38.8 Å². The molecule has 5 nitrogen and oxygen atoms in total. The fourth-order valence-electron chi connectivity index (χ4n) is 3.29. The number of halogens is 2. The maximum absolute atomic E-state index is 13.5. The van der Waals surface area contributed by atoms with Crippen LogP contribution in [-0.4, -0.2) is 47.2 Å². The van der Waals surface area contributed by atoms with Crippen LogP contribution in [0.3, 0.4) is 0 Å². The van der Waals surface area contributed by atoms with Crippen molar-refractivity contribution in [3.05, 3.63) is 47.4 Å². The summed E-state index contributed by atoms with van der Waals surface area (Å²) in [6.07, 6.45) is -1.46. The van der Waals surface area contributed by atoms with Crippen LogP contribution in [0.15, 0.2) is 35.6 Å². The highest BCUT2D eigenvalue weighted by molar-refractivity contribution is 6.14. The Labute approximate surface area is 150 Å². The van der Waals surface area contributed by atoms with Gasteiger partial charge in [0, 0.05) is 11.6 Å². The normalized spacial score (nSPS) is 21.9. The van der Waals surface area contributed by atoms with Gasteiger partial charge in [-0.15, -0.1) is 0 Å². The van der Waals surface area contributed by atoms with Crippen LogP contribution in [0.5, 0.6) is 5.75 Å². The zero-order chi connectivity index (χ0) is 18.3. The van der Waals surface area contributed by atoms with Gasteiger partial charge in [-0.3, -0.25) is 4.99 Å². The molecular weight excluding hydrogens is 338 g/mol. The number of nitrogens with zero attached hydrogens (tertiary/aromatic N) is 4. The van der Waals surface area contributed by atoms with E-state index in [2.05, 4.69) is 15.0 Å². The van der Waals surface area contributed by atoms with E-state index in [4.69, 9.17) is 4.74 Å². The fraction of sp³-hybridized carbons (Fsp3) is 0.421. The maximum Gasteiger partial charge on any atom is 0.150 e. The number of hydrogen-bond donors (Lipinski definition) is 0. The Morgan fingerprint density at radius 1 is 1.12 bits per heavy atom. The first kappa shape index (κ1) is 16.9. The number of alkyl halides is 2. The number of aliphatic imine (C=N–C) groups is 1. The Morgan fingerprint density at radius 3 is 2.62 bits per heavy atom. The van der Waals surface area contributed by atoms with Crippen molar-refractivity contribution in [1.82, 2.24) is 9.97 Å². The van der Waals surface area contributed by atoms with E-state index in [1.165, 1.54) is 6.33 Å². The van der Waals surface area contributed by atoms with E-state index in [0.717, 1.165) is 22.6 Å². The quantitative estimate of drug-likeness (QED) is 0.843. The summed E-state index contributed by atoms with van der Waals surface area (Å²) in [6, 6.07) is 7.66. The lowest BCUT2D eigenvalue weighted by Gasteiger charge is -2.16. The zero-order valence-corrected chi connectivity index (χ0v) is 14.7. The maximum atomic E-state index is 13.5. The minimum absolute atomic E-state index is 0.00700. The monoisotopic (exact) mass is 358 g/mol. The molecule has 26 heavy (non-hydrogen) atoms. The minimum atomic E-state index is -1.48. The topological polar surface area (TPSA) is 50.6 Å². The van der Waals surface area contributed by atoms with E-state index in [9.17, 15) is 8.78 Å². The molecule has 0 amide bonds. The number of aromatic nitrogens is 2. The van der Waals surface area contributed by atoms with E-state index in [-0.39, 0.29) is 19.2 Å². The molecule has 1 saturated heterocycles. The minimum Gasteiger partial charge on any atom is -0.491 e. The van der Waals surface area contributed by atoms with Gasteiger partial charge in [-0.2, -0.15) is 0 Å². The van der Waals surface area contributed by atoms with Crippen molar-refractivity contribution in [3.63, 3.8) is 0 Å². The van der Waals surface area contributed by atoms with Crippen molar-refractivity contribution in [2.24, 2.45) is 4.99 Å². The molecule has 7 heteroatoms. The van der Waals surface area contributed by atoms with Gasteiger partial charge in [0.2, 0.25) is 0 Å². The Balaban J connectivity index is 1.63. The highest BCUT2D eigenvalue weighted by Gasteiger charge is 2.34. The second-order valence-corrected chi connectivity index (χ2v) is 6.85. The van der Waals surface area contributed by atoms with Crippen LogP contribution in [-0.2, 0) is 6.54 Å². The molecule has 1 fully saturated rings. The summed E-state index contributed by atoms with van der Waals surface area (Å²) in [5.41, 5.74) is 3.48. The molecule has 2 aromatic rings. The largest absolute Gasteiger partial charge is 0.491 e. The molecule has 0 N–H and O–H groups in total. The highest BCUT2D eigenvalue weighted by Crippen LogP contribution is 2.28. The van der Waals surface area contributed by atoms with E-state index in [0.29, 0.717) is 18.1 Å². The van der Waals surface area contributed by atoms with Crippen molar-refractivity contribution >= 4 is 11.5 Å². The molecule has 4 rings (SSSR count). The molecule has 136 valence electrons. The molecule has 2 aliphatic heterocycles. The lowest BCUT2D eigenvalue weighted by molar-refractivity contribution is 0.217. The Bertz CT molecular complexity index is 845. The van der Waals surface area contributed by atoms with Gasteiger partial charge in [0.05, 0.1) is 37.1 Å². The number of fused-ring (bicyclic) bond motifs is 1. The van der Waals surface area contributed by atoms with Crippen LogP contribution in [0, 0.1) is 0 Å². The second kappa shape index (κ2) is 6.63. The molecule has 2 atom stereocenters. The number of benzene rings is 1. The van der Waals surface area contributed by atoms with Crippen molar-refractivity contribution in [1.29, 1.82) is 0 Å². The number of anilines is 1. The van der Waals surface area contributed by atoms with Crippen molar-refractivity contribution in [2.75, 3.05) is 18.0 Å². The van der Waals surface area contributed by atoms with Gasteiger partial charge in [-0.25, -0.2) is 18.7 Å². The van der Waals surface area contributed by atoms with Gasteiger partial charge in [0.15, 0.2) is 12.3 Å². The Hall–Kier alpha value is -2.57. The molecule has 3 heterocycles. The van der Waals surface area contributed by atoms with E-state index in [1.807, 2.05) is 32.0 Å². The molecule has 0 spiro atoms. The fourth-order valence-corrected chi connectivity index (χ4v) is 3.29. The van der Waals surface area contributed by atoms with Gasteiger partial charge in [0.25, 0.3) is 0 Å². The van der Waals surface area contributed by atoms with Gasteiger partial charge >= 0.3 is 0 Å². The van der Waals surface area contributed by atoms with Crippen molar-refractivity contribution in [3.8, 4) is 5.75 Å². The van der Waals surface area contributed by atoms with Crippen molar-refractivity contribution < 1.29 is 13.5 Å². The molecule has 2 aliphatic rings. The van der Waals surface area contributed by atoms with Crippen LogP contribution < -0.4 is 9.64 Å². The van der Waals surface area contributed by atoms with Crippen LogP contribution in [0.2, 0.25) is 0 Å². The predicted molar refractivity (Wildman–Crippen MR) is 95.6 cm³/mol. The molecule has 1 aromatic heterocycles. The predicted octanol–water partition coefficient (Wildman–Crippen LogP) is 3.11. The number of rotatable bonds is 4. The lowest BCUT2D eigenvalue weighted by Crippen LogP contribution is -2.22. The third-order valence-electron chi connectivity index (χ3n) is 4.52. The first-order valence-corrected chi connectivity index (χ1v) is 8.71. The average molecular weight is 358 g/mol. The first-order chi connectivity index (χ1) is 12.5. The smallest absolute Gasteiger partial charge is 0.150 e. The van der Waals surface area contributed by atoms with E-state index < -0.39 is 12.3 Å². The number of hydrogen-bond acceptors (Lipinski definition) is 5. The Kier molecular flexibility index (Phi) is 4.30. The van der Waals surface area contributed by atoms with Crippen LogP contribution >= 0.6 is 0 Å². The summed E-state index contributed by atoms with van der Waals surface area (Å²) in [7, 11) is 0. The molecule has 0 unspecified atom stereocenters. The highest BCUT2D eigenvalue weighted by atomic mass is 19.2. The summed E-state index contributed by atoms with van der Waals surface area (Å²) in [6.45, 7) is 4.55. The molecule has 0 radical (unpaired) electrons. The average Bonchev–Trinajstić information content (AvgIpc) is 3.18. The second-order valence-electron chi connectivity index (χ2n) is 6.85. The SMILES string of the molecule is CC(C)Oc1ccc2c(c1)C(c1cc(N3C[C@H](F)[C@@H](F)C3)ncn1)=NC2. The standard InChI is InChI=1S/C19H20F2N4O/c1-11(2)26-13-4-3-12-7-22-19(14(12)5-13)17-6-18(24-10-23-17)25-8-15(20)16(21)9-25/h3-6,10-11,15-16H,7-9H2,1-2H3/t15-,16-/m0/s1. The van der Waals surface area contributed by atoms with Crippen LogP contribution in [0.25, 0.3) is 0 Å². The molecule has 0 saturated carbocycles. The third kappa shape index (κ3) is 3.13. The third-order valence-corrected chi connectivity index (χ3v) is 4.52. The molecule has 0 aliphatic carbocycles. The van der Waals surface area contributed by atoms with Gasteiger partial charge in [-0.1, -0.05) is 6.07 Å². The van der Waals surface area contributed by atoms with E-state index in [1.54, 1.807) is 11.0 Å². The summed E-state index contributed by atoms with van der Waals surface area (Å²) in [5.74, 6) is 1.30. The summed E-state index contributed by atoms with van der Waals surface area (Å²) in [4.78, 5) is 14.7. The number of ether oxygens (including phenoxy) is 1. The van der Waals surface area contributed by atoms with Gasteiger partial charge in [-0.05, 0) is 31.5 Å². The lowest BCUT2D eigenvalue weighted by atomic mass is 10.0. The summed E-state index contributed by atoms with van der Waals surface area (Å²) in [5, 5.41) is 0. The first-order valence-electron chi connectivity index (χ1n) is 8.71.